The highest BCUT2D eigenvalue weighted by Gasteiger charge is 2.14. The molecule has 1 unspecified atom stereocenters. The molecule has 0 saturated heterocycles. The minimum Gasteiger partial charge on any atom is -0.317 e. The summed E-state index contributed by atoms with van der Waals surface area (Å²) >= 11 is 0. The Morgan fingerprint density at radius 3 is 2.82 bits per heavy atom. The van der Waals surface area contributed by atoms with E-state index in [0.717, 1.165) is 25.0 Å². The summed E-state index contributed by atoms with van der Waals surface area (Å²) in [5, 5.41) is 14.0. The first-order valence-corrected chi connectivity index (χ1v) is 5.85. The lowest BCUT2D eigenvalue weighted by molar-refractivity contribution is -0.385. The first-order chi connectivity index (χ1) is 8.08. The van der Waals surface area contributed by atoms with Crippen LogP contribution in [0.5, 0.6) is 0 Å². The van der Waals surface area contributed by atoms with Gasteiger partial charge in [-0.3, -0.25) is 15.1 Å². The van der Waals surface area contributed by atoms with E-state index in [9.17, 15) is 10.1 Å². The van der Waals surface area contributed by atoms with Gasteiger partial charge in [0.1, 0.15) is 0 Å². The Morgan fingerprint density at radius 2 is 2.29 bits per heavy atom. The second-order valence-electron chi connectivity index (χ2n) is 4.20. The van der Waals surface area contributed by atoms with Gasteiger partial charge in [-0.1, -0.05) is 13.3 Å². The van der Waals surface area contributed by atoms with Crippen LogP contribution in [0.1, 0.15) is 31.0 Å². The maximum Gasteiger partial charge on any atom is 0.275 e. The van der Waals surface area contributed by atoms with Gasteiger partial charge in [-0.15, -0.1) is 0 Å². The molecule has 0 saturated carbocycles. The number of likely N-dealkylation sites (N-methyl/N-ethyl adjacent to an activating group) is 1. The van der Waals surface area contributed by atoms with Crippen molar-refractivity contribution in [1.29, 1.82) is 0 Å². The number of pyridine rings is 1. The Balaban J connectivity index is 2.84. The highest BCUT2D eigenvalue weighted by Crippen LogP contribution is 2.18. The van der Waals surface area contributed by atoms with Crippen molar-refractivity contribution in [3.63, 3.8) is 0 Å². The van der Waals surface area contributed by atoms with Crippen molar-refractivity contribution < 1.29 is 4.92 Å². The van der Waals surface area contributed by atoms with Crippen molar-refractivity contribution in [3.05, 3.63) is 33.6 Å². The fraction of sp³-hybridized carbons (Fsp3) is 0.583. The molecule has 94 valence electrons. The van der Waals surface area contributed by atoms with Gasteiger partial charge in [0.2, 0.25) is 0 Å². The molecule has 17 heavy (non-hydrogen) atoms. The smallest absolute Gasteiger partial charge is 0.275 e. The monoisotopic (exact) mass is 237 g/mol. The molecule has 0 spiro atoms. The van der Waals surface area contributed by atoms with Crippen LogP contribution in [0.2, 0.25) is 0 Å². The van der Waals surface area contributed by atoms with Gasteiger partial charge in [0.25, 0.3) is 5.69 Å². The van der Waals surface area contributed by atoms with Crippen LogP contribution in [-0.4, -0.2) is 23.0 Å². The number of hydrogen-bond donors (Lipinski definition) is 1. The second kappa shape index (κ2) is 6.30. The van der Waals surface area contributed by atoms with Gasteiger partial charge in [0, 0.05) is 36.0 Å². The molecule has 1 N–H and O–H groups in total. The molecule has 0 aliphatic heterocycles. The minimum absolute atomic E-state index is 0.154. The molecular formula is C12H19N3O2. The Morgan fingerprint density at radius 1 is 1.59 bits per heavy atom. The highest BCUT2D eigenvalue weighted by molar-refractivity contribution is 5.38. The molecule has 5 nitrogen and oxygen atoms in total. The summed E-state index contributed by atoms with van der Waals surface area (Å²) in [6.45, 7) is 3.83. The Hall–Kier alpha value is -1.49. The predicted molar refractivity (Wildman–Crippen MR) is 67.1 cm³/mol. The van der Waals surface area contributed by atoms with E-state index in [0.29, 0.717) is 11.6 Å². The van der Waals surface area contributed by atoms with Crippen LogP contribution < -0.4 is 5.32 Å². The lowest BCUT2D eigenvalue weighted by Gasteiger charge is -2.14. The molecule has 1 aromatic rings. The Labute approximate surface area is 101 Å². The standard InChI is InChI=1S/C12H19N3O2/c1-4-5-10(13-3)6-11-7-12(15(16)17)9(2)8-14-11/h7-8,10,13H,4-6H2,1-3H3. The number of nitro groups is 1. The van der Waals surface area contributed by atoms with E-state index >= 15 is 0 Å². The highest BCUT2D eigenvalue weighted by atomic mass is 16.6. The number of nitrogens with one attached hydrogen (secondary N) is 1. The summed E-state index contributed by atoms with van der Waals surface area (Å²) in [5.41, 5.74) is 1.53. The summed E-state index contributed by atoms with van der Waals surface area (Å²) < 4.78 is 0. The largest absolute Gasteiger partial charge is 0.317 e. The average Bonchev–Trinajstić information content (AvgIpc) is 2.30. The van der Waals surface area contributed by atoms with E-state index in [1.54, 1.807) is 19.2 Å². The first kappa shape index (κ1) is 13.6. The van der Waals surface area contributed by atoms with E-state index in [1.165, 1.54) is 0 Å². The molecule has 1 heterocycles. The maximum absolute atomic E-state index is 10.8. The van der Waals surface area contributed by atoms with Gasteiger partial charge >= 0.3 is 0 Å². The summed E-state index contributed by atoms with van der Waals surface area (Å²) in [5.74, 6) is 0. The SMILES string of the molecule is CCCC(Cc1cc([N+](=O)[O-])c(C)cn1)NC. The summed E-state index contributed by atoms with van der Waals surface area (Å²) in [4.78, 5) is 14.7. The fourth-order valence-corrected chi connectivity index (χ4v) is 1.81. The van der Waals surface area contributed by atoms with E-state index in [-0.39, 0.29) is 10.6 Å². The van der Waals surface area contributed by atoms with Crippen molar-refractivity contribution >= 4 is 5.69 Å². The normalized spacial score (nSPS) is 12.4. The maximum atomic E-state index is 10.8. The quantitative estimate of drug-likeness (QED) is 0.608. The van der Waals surface area contributed by atoms with Crippen molar-refractivity contribution in [3.8, 4) is 0 Å². The zero-order chi connectivity index (χ0) is 12.8. The third kappa shape index (κ3) is 3.78. The number of hydrogen-bond acceptors (Lipinski definition) is 4. The lowest BCUT2D eigenvalue weighted by atomic mass is 10.1. The van der Waals surface area contributed by atoms with Crippen LogP contribution in [-0.2, 0) is 6.42 Å². The van der Waals surface area contributed by atoms with Crippen molar-refractivity contribution in [2.45, 2.75) is 39.2 Å². The Kier molecular flexibility index (Phi) is 5.03. The van der Waals surface area contributed by atoms with Crippen molar-refractivity contribution in [2.24, 2.45) is 0 Å². The van der Waals surface area contributed by atoms with Crippen LogP contribution in [0.15, 0.2) is 12.3 Å². The van der Waals surface area contributed by atoms with Crippen molar-refractivity contribution in [2.75, 3.05) is 7.05 Å². The topological polar surface area (TPSA) is 68.1 Å². The van der Waals surface area contributed by atoms with Gasteiger partial charge in [-0.25, -0.2) is 0 Å². The molecule has 0 bridgehead atoms. The van der Waals surface area contributed by atoms with E-state index < -0.39 is 0 Å². The molecule has 0 aromatic carbocycles. The minimum atomic E-state index is -0.352. The average molecular weight is 237 g/mol. The van der Waals surface area contributed by atoms with Crippen molar-refractivity contribution in [1.82, 2.24) is 10.3 Å². The second-order valence-corrected chi connectivity index (χ2v) is 4.20. The van der Waals surface area contributed by atoms with Crippen LogP contribution in [0.4, 0.5) is 5.69 Å². The molecule has 5 heteroatoms. The molecule has 1 aromatic heterocycles. The van der Waals surface area contributed by atoms with E-state index in [1.807, 2.05) is 7.05 Å². The third-order valence-electron chi connectivity index (χ3n) is 2.83. The van der Waals surface area contributed by atoms with Gasteiger partial charge in [-0.2, -0.15) is 0 Å². The molecule has 0 amide bonds. The Bertz CT molecular complexity index is 393. The predicted octanol–water partition coefficient (Wildman–Crippen LogP) is 2.23. The van der Waals surface area contributed by atoms with Crippen LogP contribution >= 0.6 is 0 Å². The molecule has 0 aliphatic rings. The van der Waals surface area contributed by atoms with Crippen LogP contribution in [0.3, 0.4) is 0 Å². The van der Waals surface area contributed by atoms with Crippen LogP contribution in [0.25, 0.3) is 0 Å². The summed E-state index contributed by atoms with van der Waals surface area (Å²) in [6.07, 6.45) is 4.43. The summed E-state index contributed by atoms with van der Waals surface area (Å²) in [6, 6.07) is 1.91. The van der Waals surface area contributed by atoms with Gasteiger partial charge in [0.05, 0.1) is 4.92 Å². The molecule has 0 fully saturated rings. The van der Waals surface area contributed by atoms with Gasteiger partial charge in [0.15, 0.2) is 0 Å². The third-order valence-corrected chi connectivity index (χ3v) is 2.83. The van der Waals surface area contributed by atoms with Crippen LogP contribution in [0, 0.1) is 17.0 Å². The number of aromatic nitrogens is 1. The van der Waals surface area contributed by atoms with E-state index in [4.69, 9.17) is 0 Å². The van der Waals surface area contributed by atoms with E-state index in [2.05, 4.69) is 17.2 Å². The van der Waals surface area contributed by atoms with Gasteiger partial charge < -0.3 is 5.32 Å². The molecule has 0 radical (unpaired) electrons. The molecule has 1 atom stereocenters. The molecule has 1 rings (SSSR count). The number of nitrogens with zero attached hydrogens (tertiary/aromatic N) is 2. The zero-order valence-electron chi connectivity index (χ0n) is 10.6. The van der Waals surface area contributed by atoms with Gasteiger partial charge in [-0.05, 0) is 20.4 Å². The summed E-state index contributed by atoms with van der Waals surface area (Å²) in [7, 11) is 1.91. The number of aryl methyl sites for hydroxylation is 1. The lowest BCUT2D eigenvalue weighted by Crippen LogP contribution is -2.27. The molecule has 0 aliphatic carbocycles. The first-order valence-electron chi connectivity index (χ1n) is 5.85. The fourth-order valence-electron chi connectivity index (χ4n) is 1.81. The number of rotatable bonds is 6. The molecular weight excluding hydrogens is 218 g/mol. The zero-order valence-corrected chi connectivity index (χ0v) is 10.6.